The van der Waals surface area contributed by atoms with Gasteiger partial charge in [-0.2, -0.15) is 0 Å². The van der Waals surface area contributed by atoms with Crippen LogP contribution >= 0.6 is 23.2 Å². The third-order valence-corrected chi connectivity index (χ3v) is 4.20. The van der Waals surface area contributed by atoms with E-state index in [-0.39, 0.29) is 21.4 Å². The third-order valence-electron chi connectivity index (χ3n) is 2.25. The maximum absolute atomic E-state index is 12.2. The number of pyridine rings is 1. The molecule has 0 fully saturated rings. The summed E-state index contributed by atoms with van der Waals surface area (Å²) in [5.41, 5.74) is 5.69. The number of hydrogen-bond donors (Lipinski definition) is 2. The second kappa shape index (κ2) is 5.24. The van der Waals surface area contributed by atoms with Gasteiger partial charge in [0.1, 0.15) is 4.90 Å². The van der Waals surface area contributed by atoms with Gasteiger partial charge in [-0.1, -0.05) is 23.2 Å². The van der Waals surface area contributed by atoms with Gasteiger partial charge in [-0.15, -0.1) is 0 Å². The number of hydrogen-bond acceptors (Lipinski definition) is 4. The van der Waals surface area contributed by atoms with E-state index in [0.29, 0.717) is 5.02 Å². The van der Waals surface area contributed by atoms with Crippen LogP contribution in [0.3, 0.4) is 0 Å². The molecule has 5 nitrogen and oxygen atoms in total. The van der Waals surface area contributed by atoms with E-state index in [1.807, 2.05) is 0 Å². The van der Waals surface area contributed by atoms with Crippen LogP contribution < -0.4 is 10.5 Å². The fourth-order valence-electron chi connectivity index (χ4n) is 1.41. The topological polar surface area (TPSA) is 85.1 Å². The molecule has 2 aromatic rings. The summed E-state index contributed by atoms with van der Waals surface area (Å²) in [6.07, 6.45) is 1.43. The van der Waals surface area contributed by atoms with Crippen molar-refractivity contribution in [1.29, 1.82) is 0 Å². The number of aromatic nitrogens is 1. The molecule has 0 saturated heterocycles. The number of nitrogens with one attached hydrogen (secondary N) is 1. The lowest BCUT2D eigenvalue weighted by atomic mass is 10.3. The molecule has 0 bridgehead atoms. The van der Waals surface area contributed by atoms with E-state index < -0.39 is 10.0 Å². The quantitative estimate of drug-likeness (QED) is 0.852. The highest BCUT2D eigenvalue weighted by Gasteiger charge is 2.19. The van der Waals surface area contributed by atoms with Gasteiger partial charge < -0.3 is 5.73 Å². The molecule has 8 heteroatoms. The van der Waals surface area contributed by atoms with Crippen LogP contribution in [0, 0.1) is 0 Å². The first-order valence-electron chi connectivity index (χ1n) is 5.08. The van der Waals surface area contributed by atoms with E-state index in [4.69, 9.17) is 28.9 Å². The number of rotatable bonds is 3. The number of nitrogens with two attached hydrogens (primary N) is 1. The van der Waals surface area contributed by atoms with E-state index in [2.05, 4.69) is 9.71 Å². The number of anilines is 2. The number of nitrogen functional groups attached to an aromatic ring is 1. The van der Waals surface area contributed by atoms with E-state index in [0.717, 1.165) is 0 Å². The smallest absolute Gasteiger partial charge is 0.265 e. The summed E-state index contributed by atoms with van der Waals surface area (Å²) in [5, 5.41) is 0.547. The molecule has 0 unspecified atom stereocenters. The minimum atomic E-state index is -3.86. The van der Waals surface area contributed by atoms with Crippen LogP contribution in [-0.2, 0) is 10.0 Å². The van der Waals surface area contributed by atoms with Gasteiger partial charge in [0.15, 0.2) is 5.82 Å². The summed E-state index contributed by atoms with van der Waals surface area (Å²) < 4.78 is 26.6. The fraction of sp³-hybridized carbons (Fsp3) is 0. The van der Waals surface area contributed by atoms with Crippen molar-refractivity contribution in [2.75, 3.05) is 10.5 Å². The summed E-state index contributed by atoms with van der Waals surface area (Å²) in [4.78, 5) is 3.76. The second-order valence-electron chi connectivity index (χ2n) is 3.62. The number of nitrogens with zero attached hydrogens (tertiary/aromatic N) is 1. The molecule has 0 aliphatic rings. The largest absolute Gasteiger partial charge is 0.398 e. The highest BCUT2D eigenvalue weighted by Crippen LogP contribution is 2.26. The molecule has 1 aromatic heterocycles. The third kappa shape index (κ3) is 3.09. The monoisotopic (exact) mass is 317 g/mol. The fourth-order valence-corrected chi connectivity index (χ4v) is 2.96. The highest BCUT2D eigenvalue weighted by molar-refractivity contribution is 7.92. The van der Waals surface area contributed by atoms with Crippen molar-refractivity contribution in [2.24, 2.45) is 0 Å². The number of benzene rings is 1. The van der Waals surface area contributed by atoms with E-state index in [1.54, 1.807) is 6.07 Å². The van der Waals surface area contributed by atoms with Crippen LogP contribution in [0.15, 0.2) is 41.4 Å². The van der Waals surface area contributed by atoms with Crippen LogP contribution in [0.2, 0.25) is 10.0 Å². The molecule has 0 radical (unpaired) electrons. The van der Waals surface area contributed by atoms with Gasteiger partial charge in [0.25, 0.3) is 10.0 Å². The van der Waals surface area contributed by atoms with Crippen molar-refractivity contribution in [3.05, 3.63) is 46.6 Å². The first-order chi connectivity index (χ1) is 8.90. The minimum Gasteiger partial charge on any atom is -0.398 e. The molecule has 1 aromatic carbocycles. The summed E-state index contributed by atoms with van der Waals surface area (Å²) in [5.74, 6) is 0.0403. The highest BCUT2D eigenvalue weighted by atomic mass is 35.5. The molecule has 3 N–H and O–H groups in total. The van der Waals surface area contributed by atoms with Gasteiger partial charge in [0.2, 0.25) is 0 Å². The average Bonchev–Trinajstić information content (AvgIpc) is 2.31. The first-order valence-corrected chi connectivity index (χ1v) is 7.32. The molecule has 19 heavy (non-hydrogen) atoms. The molecule has 0 spiro atoms. The lowest BCUT2D eigenvalue weighted by Crippen LogP contribution is -2.15. The van der Waals surface area contributed by atoms with E-state index >= 15 is 0 Å². The predicted molar refractivity (Wildman–Crippen MR) is 75.9 cm³/mol. The minimum absolute atomic E-state index is 0.0403. The van der Waals surface area contributed by atoms with Gasteiger partial charge in [0, 0.05) is 11.2 Å². The van der Waals surface area contributed by atoms with Crippen LogP contribution in [0.25, 0.3) is 0 Å². The maximum atomic E-state index is 12.2. The molecule has 100 valence electrons. The lowest BCUT2D eigenvalue weighted by Gasteiger charge is -2.10. The number of sulfonamides is 1. The standard InChI is InChI=1S/C11H9Cl2N3O2S/c12-7-3-4-10(9(14)6-7)19(17,18)16-11-8(13)2-1-5-15-11/h1-6H,14H2,(H,15,16). The van der Waals surface area contributed by atoms with E-state index in [1.165, 1.54) is 30.5 Å². The van der Waals surface area contributed by atoms with Crippen molar-refractivity contribution < 1.29 is 8.42 Å². The van der Waals surface area contributed by atoms with Gasteiger partial charge >= 0.3 is 0 Å². The molecule has 0 aliphatic heterocycles. The molecule has 0 amide bonds. The molecule has 0 saturated carbocycles. The van der Waals surface area contributed by atoms with Crippen molar-refractivity contribution in [1.82, 2.24) is 4.98 Å². The van der Waals surface area contributed by atoms with Crippen LogP contribution in [0.5, 0.6) is 0 Å². The van der Waals surface area contributed by atoms with Gasteiger partial charge in [0.05, 0.1) is 10.7 Å². The van der Waals surface area contributed by atoms with Crippen molar-refractivity contribution >= 4 is 44.7 Å². The zero-order chi connectivity index (χ0) is 14.0. The average molecular weight is 318 g/mol. The zero-order valence-corrected chi connectivity index (χ0v) is 11.8. The molecular formula is C11H9Cl2N3O2S. The summed E-state index contributed by atoms with van der Waals surface area (Å²) >= 11 is 11.6. The Bertz CT molecular complexity index is 720. The Kier molecular flexibility index (Phi) is 3.84. The number of halogens is 2. The van der Waals surface area contributed by atoms with Crippen molar-refractivity contribution in [3.8, 4) is 0 Å². The van der Waals surface area contributed by atoms with E-state index in [9.17, 15) is 8.42 Å². The van der Waals surface area contributed by atoms with Gasteiger partial charge in [-0.25, -0.2) is 13.4 Å². The van der Waals surface area contributed by atoms with Gasteiger partial charge in [-0.05, 0) is 30.3 Å². The van der Waals surface area contributed by atoms with Crippen molar-refractivity contribution in [2.45, 2.75) is 4.90 Å². The van der Waals surface area contributed by atoms with Crippen LogP contribution in [0.4, 0.5) is 11.5 Å². The summed E-state index contributed by atoms with van der Waals surface area (Å²) in [7, 11) is -3.86. The Hall–Kier alpha value is -1.50. The van der Waals surface area contributed by atoms with Crippen LogP contribution in [-0.4, -0.2) is 13.4 Å². The normalized spacial score (nSPS) is 11.3. The Balaban J connectivity index is 2.41. The SMILES string of the molecule is Nc1cc(Cl)ccc1S(=O)(=O)Nc1ncccc1Cl. The predicted octanol–water partition coefficient (Wildman–Crippen LogP) is 2.77. The molecule has 0 atom stereocenters. The Labute approximate surface area is 120 Å². The van der Waals surface area contributed by atoms with Gasteiger partial charge in [-0.3, -0.25) is 4.72 Å². The lowest BCUT2D eigenvalue weighted by molar-refractivity contribution is 0.601. The Morgan fingerprint density at radius 3 is 2.58 bits per heavy atom. The maximum Gasteiger partial charge on any atom is 0.265 e. The second-order valence-corrected chi connectivity index (χ2v) is 6.12. The summed E-state index contributed by atoms with van der Waals surface area (Å²) in [6.45, 7) is 0. The molecule has 0 aliphatic carbocycles. The first kappa shape index (κ1) is 13.9. The Morgan fingerprint density at radius 2 is 1.95 bits per heavy atom. The Morgan fingerprint density at radius 1 is 1.21 bits per heavy atom. The molecule has 2 rings (SSSR count). The zero-order valence-electron chi connectivity index (χ0n) is 9.47. The molecular weight excluding hydrogens is 309 g/mol. The van der Waals surface area contributed by atoms with Crippen molar-refractivity contribution in [3.63, 3.8) is 0 Å². The molecule has 1 heterocycles. The summed E-state index contributed by atoms with van der Waals surface area (Å²) in [6, 6.07) is 7.23. The van der Waals surface area contributed by atoms with Crippen LogP contribution in [0.1, 0.15) is 0 Å².